The number of aromatic nitrogens is 3. The number of aryl methyl sites for hydroxylation is 1. The van der Waals surface area contributed by atoms with Crippen LogP contribution in [0, 0.1) is 35.3 Å². The summed E-state index contributed by atoms with van der Waals surface area (Å²) in [6, 6.07) is 7.70. The van der Waals surface area contributed by atoms with Gasteiger partial charge in [-0.05, 0) is 62.1 Å². The van der Waals surface area contributed by atoms with Crippen molar-refractivity contribution in [1.82, 2.24) is 25.0 Å². The second kappa shape index (κ2) is 15.8. The number of pyridine rings is 1. The number of halogens is 5. The lowest BCUT2D eigenvalue weighted by molar-refractivity contribution is -0.125. The van der Waals surface area contributed by atoms with Crippen molar-refractivity contribution in [2.45, 2.75) is 37.8 Å². The van der Waals surface area contributed by atoms with Gasteiger partial charge in [0.2, 0.25) is 15.9 Å². The van der Waals surface area contributed by atoms with Crippen molar-refractivity contribution in [1.29, 1.82) is 0 Å². The number of hydrogen-bond acceptors (Lipinski definition) is 9. The fourth-order valence-electron chi connectivity index (χ4n) is 6.97. The van der Waals surface area contributed by atoms with Crippen LogP contribution in [0.1, 0.15) is 36.8 Å². The second-order valence-corrected chi connectivity index (χ2v) is 17.1. The monoisotopic (exact) mass is 854 g/mol. The van der Waals surface area contributed by atoms with Crippen LogP contribution in [0.5, 0.6) is 0 Å². The number of benzene rings is 2. The molecule has 59 heavy (non-hydrogen) atoms. The third-order valence-electron chi connectivity index (χ3n) is 9.50. The van der Waals surface area contributed by atoms with E-state index in [-0.39, 0.29) is 45.2 Å². The van der Waals surface area contributed by atoms with Gasteiger partial charge in [0.05, 0.1) is 39.8 Å². The van der Waals surface area contributed by atoms with E-state index in [9.17, 15) is 31.9 Å². The molecule has 0 saturated heterocycles. The number of carbonyl (C=O) groups is 2. The van der Waals surface area contributed by atoms with E-state index < -0.39 is 80.8 Å². The predicted molar refractivity (Wildman–Crippen MR) is 215 cm³/mol. The summed E-state index contributed by atoms with van der Waals surface area (Å²) in [5, 5.41) is 17.8. The molecule has 5 N–H and O–H groups in total. The largest absolute Gasteiger partial charge is 0.394 e. The Balaban J connectivity index is 1.51. The van der Waals surface area contributed by atoms with Crippen LogP contribution in [0.3, 0.4) is 0 Å². The van der Waals surface area contributed by atoms with Gasteiger partial charge in [-0.15, -0.1) is 0 Å². The van der Waals surface area contributed by atoms with Gasteiger partial charge < -0.3 is 21.1 Å². The fraction of sp³-hybridized carbons (Fsp3) is 0.325. The van der Waals surface area contributed by atoms with Crippen LogP contribution in [0.25, 0.3) is 22.0 Å². The Labute approximate surface area is 342 Å². The molecule has 2 amide bonds. The summed E-state index contributed by atoms with van der Waals surface area (Å²) in [7, 11) is 0.546. The first-order valence-electron chi connectivity index (χ1n) is 17.9. The predicted octanol–water partition coefficient (Wildman–Crippen LogP) is 4.65. The summed E-state index contributed by atoms with van der Waals surface area (Å²) in [5.41, 5.74) is 4.48. The highest BCUT2D eigenvalue weighted by atomic mass is 35.5. The number of sulfonamides is 1. The third-order valence-corrected chi connectivity index (χ3v) is 10.4. The first-order valence-corrected chi connectivity index (χ1v) is 20.2. The van der Waals surface area contributed by atoms with E-state index in [1.165, 1.54) is 56.9 Å². The van der Waals surface area contributed by atoms with Crippen molar-refractivity contribution in [2.75, 3.05) is 31.6 Å². The topological polar surface area (TPSA) is 185 Å². The lowest BCUT2D eigenvalue weighted by Gasteiger charge is -2.25. The molecular formula is C40H39ClF4N8O5S. The Hall–Kier alpha value is -5.77. The van der Waals surface area contributed by atoms with Crippen molar-refractivity contribution >= 4 is 55.9 Å². The summed E-state index contributed by atoms with van der Waals surface area (Å²) < 4.78 is 88.9. The van der Waals surface area contributed by atoms with Crippen LogP contribution >= 0.6 is 11.6 Å². The van der Waals surface area contributed by atoms with E-state index in [2.05, 4.69) is 32.0 Å². The number of aliphatic imine (C=N–C) groups is 1. The molecule has 0 spiro atoms. The van der Waals surface area contributed by atoms with Crippen molar-refractivity contribution in [2.24, 2.45) is 29.6 Å². The summed E-state index contributed by atoms with van der Waals surface area (Å²) in [4.78, 5) is 36.6. The molecule has 4 aromatic rings. The Morgan fingerprint density at radius 3 is 2.37 bits per heavy atom. The molecule has 2 aliphatic rings. The van der Waals surface area contributed by atoms with Gasteiger partial charge in [0.15, 0.2) is 5.82 Å². The Morgan fingerprint density at radius 1 is 1.12 bits per heavy atom. The zero-order valence-corrected chi connectivity index (χ0v) is 34.1. The SMILES string of the molecule is CN(C)C(=O)C(N)=C1C(=NCC(=O)NC(Cc2cc(F)cc(F)c2)c2nc(C#CC(C)(C)O)ccc2-c2ccc(Cl)c3c(NS(C)(=O)=O)nn(C)c23)C(F)(F)[C@@H]2C=C[C@H]12. The molecule has 2 aliphatic carbocycles. The average Bonchev–Trinajstić information content (AvgIpc) is 3.49. The molecule has 0 bridgehead atoms. The van der Waals surface area contributed by atoms with Crippen LogP contribution in [0.4, 0.5) is 23.4 Å². The summed E-state index contributed by atoms with van der Waals surface area (Å²) >= 11 is 6.60. The minimum Gasteiger partial charge on any atom is -0.394 e. The molecule has 310 valence electrons. The summed E-state index contributed by atoms with van der Waals surface area (Å²) in [5.74, 6) is -3.88. The van der Waals surface area contributed by atoms with E-state index in [1.807, 2.05) is 0 Å². The van der Waals surface area contributed by atoms with E-state index in [0.29, 0.717) is 22.7 Å². The summed E-state index contributed by atoms with van der Waals surface area (Å²) in [6.45, 7) is 2.02. The molecule has 0 radical (unpaired) electrons. The van der Waals surface area contributed by atoms with Crippen LogP contribution in [0.15, 0.2) is 70.9 Å². The van der Waals surface area contributed by atoms with Crippen molar-refractivity contribution in [3.05, 3.63) is 99.5 Å². The molecule has 0 aliphatic heterocycles. The molecule has 1 unspecified atom stereocenters. The first kappa shape index (κ1) is 42.8. The Kier molecular flexibility index (Phi) is 11.4. The number of aliphatic hydroxyl groups is 1. The second-order valence-electron chi connectivity index (χ2n) is 15.0. The molecule has 1 fully saturated rings. The standard InChI is InChI=1S/C40H39ClF4N8O5S/c1-39(2,56)14-13-23-7-8-24(25-10-12-28(41)32-35(25)53(5)50-37(32)51-59(6,57)58)34(48-23)29(17-20-15-21(42)18-22(43)16-20)49-30(54)19-47-36-31(33(46)38(55)52(3)4)26-9-11-27(26)40(36,44)45/h7-12,15-16,18,26-27,29,56H,17,19,46H2,1-6H3,(H,49,54)(H,50,51)/t26-,27+,29?/m0/s1. The Bertz CT molecular complexity index is 2660. The van der Waals surface area contributed by atoms with Crippen LogP contribution in [-0.2, 0) is 33.1 Å². The zero-order chi connectivity index (χ0) is 43.4. The van der Waals surface area contributed by atoms with Gasteiger partial charge in [-0.3, -0.25) is 24.0 Å². The number of alkyl halides is 2. The maximum absolute atomic E-state index is 15.7. The smallest absolute Gasteiger partial charge is 0.296 e. The number of nitrogens with zero attached hydrogens (tertiary/aromatic N) is 5. The quantitative estimate of drug-likeness (QED) is 0.0769. The zero-order valence-electron chi connectivity index (χ0n) is 32.5. The van der Waals surface area contributed by atoms with Gasteiger partial charge in [0.1, 0.15) is 40.9 Å². The van der Waals surface area contributed by atoms with Crippen LogP contribution in [-0.4, -0.2) is 89.1 Å². The molecule has 2 heterocycles. The minimum atomic E-state index is -3.82. The number of nitrogens with one attached hydrogen (secondary N) is 2. The first-order chi connectivity index (χ1) is 27.4. The number of hydrogen-bond donors (Lipinski definition) is 4. The number of fused-ring (bicyclic) bond motifs is 2. The Morgan fingerprint density at radius 2 is 1.78 bits per heavy atom. The number of amides is 2. The molecule has 2 aromatic heterocycles. The number of allylic oxidation sites excluding steroid dienone is 3. The maximum atomic E-state index is 15.7. The minimum absolute atomic E-state index is 0.0653. The van der Waals surface area contributed by atoms with Crippen LogP contribution < -0.4 is 15.8 Å². The molecule has 6 rings (SSSR count). The molecular weight excluding hydrogens is 816 g/mol. The highest BCUT2D eigenvalue weighted by molar-refractivity contribution is 7.92. The molecule has 2 aromatic carbocycles. The van der Waals surface area contributed by atoms with E-state index in [4.69, 9.17) is 22.3 Å². The van der Waals surface area contributed by atoms with E-state index >= 15 is 8.78 Å². The fourth-order valence-corrected chi connectivity index (χ4v) is 7.71. The molecule has 13 nitrogen and oxygen atoms in total. The van der Waals surface area contributed by atoms with Gasteiger partial charge in [0.25, 0.3) is 11.8 Å². The molecule has 3 atom stereocenters. The third kappa shape index (κ3) is 8.97. The van der Waals surface area contributed by atoms with Gasteiger partial charge in [-0.1, -0.05) is 35.7 Å². The van der Waals surface area contributed by atoms with Gasteiger partial charge in [-0.25, -0.2) is 22.2 Å². The lowest BCUT2D eigenvalue weighted by Crippen LogP contribution is -2.35. The van der Waals surface area contributed by atoms with Crippen molar-refractivity contribution in [3.8, 4) is 23.0 Å². The van der Waals surface area contributed by atoms with E-state index in [1.54, 1.807) is 19.2 Å². The molecule has 19 heteroatoms. The highest BCUT2D eigenvalue weighted by Gasteiger charge is 2.60. The van der Waals surface area contributed by atoms with Crippen molar-refractivity contribution in [3.63, 3.8) is 0 Å². The number of nitrogens with two attached hydrogens (primary N) is 1. The number of carbonyl (C=O) groups excluding carboxylic acids is 2. The maximum Gasteiger partial charge on any atom is 0.296 e. The average molecular weight is 855 g/mol. The van der Waals surface area contributed by atoms with Crippen LogP contribution in [0.2, 0.25) is 5.02 Å². The molecule has 1 saturated carbocycles. The highest BCUT2D eigenvalue weighted by Crippen LogP contribution is 2.52. The normalized spacial score (nSPS) is 19.1. The lowest BCUT2D eigenvalue weighted by atomic mass is 9.82. The summed E-state index contributed by atoms with van der Waals surface area (Å²) in [6.07, 6.45) is 3.41. The number of likely N-dealkylation sites (N-methyl/N-ethyl adjacent to an activating group) is 1. The number of rotatable bonds is 10. The van der Waals surface area contributed by atoms with Gasteiger partial charge >= 0.3 is 0 Å². The number of anilines is 1. The van der Waals surface area contributed by atoms with Crippen molar-refractivity contribution < 1.29 is 40.7 Å². The van der Waals surface area contributed by atoms with Gasteiger partial charge in [-0.2, -0.15) is 13.9 Å². The van der Waals surface area contributed by atoms with Gasteiger partial charge in [0, 0.05) is 49.8 Å². The van der Waals surface area contributed by atoms with E-state index in [0.717, 1.165) is 23.3 Å².